The highest BCUT2D eigenvalue weighted by Crippen LogP contribution is 2.50. The van der Waals surface area contributed by atoms with Crippen LogP contribution in [0.5, 0.6) is 11.5 Å². The second-order valence-corrected chi connectivity index (χ2v) is 6.92. The maximum Gasteiger partial charge on any atom is 0.231 e. The van der Waals surface area contributed by atoms with E-state index in [-0.39, 0.29) is 24.6 Å². The summed E-state index contributed by atoms with van der Waals surface area (Å²) in [6.07, 6.45) is 6.26. The third kappa shape index (κ3) is 2.01. The first-order chi connectivity index (χ1) is 11.7. The van der Waals surface area contributed by atoms with Gasteiger partial charge in [-0.3, -0.25) is 0 Å². The highest BCUT2D eigenvalue weighted by atomic mass is 79.9. The number of hydrogen-bond donors (Lipinski definition) is 1. The van der Waals surface area contributed by atoms with E-state index < -0.39 is 0 Å². The number of benzene rings is 2. The van der Waals surface area contributed by atoms with E-state index in [9.17, 15) is 4.39 Å². The smallest absolute Gasteiger partial charge is 0.231 e. The van der Waals surface area contributed by atoms with Crippen LogP contribution in [0.4, 0.5) is 10.1 Å². The summed E-state index contributed by atoms with van der Waals surface area (Å²) in [7, 11) is 0. The van der Waals surface area contributed by atoms with Gasteiger partial charge in [-0.1, -0.05) is 34.2 Å². The van der Waals surface area contributed by atoms with E-state index in [2.05, 4.69) is 33.4 Å². The molecule has 2 aliphatic heterocycles. The molecule has 1 aliphatic carbocycles. The molecule has 2 atom stereocenters. The molecule has 120 valence electrons. The third-order valence-electron chi connectivity index (χ3n) is 4.74. The molecule has 0 fully saturated rings. The van der Waals surface area contributed by atoms with Gasteiger partial charge in [-0.15, -0.1) is 0 Å². The standard InChI is InChI=1S/C19H13BrFNO2/c20-15-8-18-17(23-9-24-18)7-14(15)19-12-3-1-2-11(12)13-6-10(21)4-5-16(13)22-19/h1-8,11,19,22H,9H2. The lowest BCUT2D eigenvalue weighted by Gasteiger charge is -2.34. The minimum atomic E-state index is -0.210. The van der Waals surface area contributed by atoms with Crippen LogP contribution < -0.4 is 14.8 Å². The molecule has 5 rings (SSSR count). The van der Waals surface area contributed by atoms with E-state index in [0.29, 0.717) is 0 Å². The predicted molar refractivity (Wildman–Crippen MR) is 93.0 cm³/mol. The number of fused-ring (bicyclic) bond motifs is 4. The summed E-state index contributed by atoms with van der Waals surface area (Å²) in [5, 5.41) is 3.54. The fourth-order valence-electron chi connectivity index (χ4n) is 3.62. The molecule has 0 amide bonds. The fourth-order valence-corrected chi connectivity index (χ4v) is 4.18. The minimum Gasteiger partial charge on any atom is -0.454 e. The van der Waals surface area contributed by atoms with Gasteiger partial charge in [0, 0.05) is 16.1 Å². The summed E-state index contributed by atoms with van der Waals surface area (Å²) in [5.74, 6) is 1.39. The minimum absolute atomic E-state index is 0.00756. The van der Waals surface area contributed by atoms with Gasteiger partial charge in [0.2, 0.25) is 6.79 Å². The molecule has 0 saturated heterocycles. The Labute approximate surface area is 146 Å². The summed E-state index contributed by atoms with van der Waals surface area (Å²) in [5.41, 5.74) is 4.21. The van der Waals surface area contributed by atoms with Crippen molar-refractivity contribution in [2.75, 3.05) is 12.1 Å². The fraction of sp³-hybridized carbons (Fsp3) is 0.158. The van der Waals surface area contributed by atoms with Crippen molar-refractivity contribution in [3.8, 4) is 11.5 Å². The first-order valence-corrected chi connectivity index (χ1v) is 8.53. The van der Waals surface area contributed by atoms with Crippen LogP contribution in [0.25, 0.3) is 0 Å². The van der Waals surface area contributed by atoms with E-state index in [4.69, 9.17) is 9.47 Å². The number of nitrogens with one attached hydrogen (secondary N) is 1. The molecule has 24 heavy (non-hydrogen) atoms. The van der Waals surface area contributed by atoms with Crippen LogP contribution in [0.1, 0.15) is 23.1 Å². The highest BCUT2D eigenvalue weighted by Gasteiger charge is 2.34. The quantitative estimate of drug-likeness (QED) is 0.743. The second-order valence-electron chi connectivity index (χ2n) is 6.07. The molecule has 0 aromatic heterocycles. The van der Waals surface area contributed by atoms with Gasteiger partial charge < -0.3 is 14.8 Å². The summed E-state index contributed by atoms with van der Waals surface area (Å²) in [4.78, 5) is 0. The Morgan fingerprint density at radius 1 is 1.08 bits per heavy atom. The van der Waals surface area contributed by atoms with E-state index in [1.807, 2.05) is 24.3 Å². The van der Waals surface area contributed by atoms with Gasteiger partial charge in [0.15, 0.2) is 11.5 Å². The molecule has 1 N–H and O–H groups in total. The highest BCUT2D eigenvalue weighted by molar-refractivity contribution is 9.10. The van der Waals surface area contributed by atoms with Crippen LogP contribution in [0, 0.1) is 5.82 Å². The van der Waals surface area contributed by atoms with Crippen LogP contribution in [-0.2, 0) is 0 Å². The van der Waals surface area contributed by atoms with Crippen molar-refractivity contribution in [1.82, 2.24) is 0 Å². The Morgan fingerprint density at radius 3 is 2.79 bits per heavy atom. The summed E-state index contributed by atoms with van der Waals surface area (Å²) < 4.78 is 25.6. The van der Waals surface area contributed by atoms with Crippen LogP contribution in [-0.4, -0.2) is 6.79 Å². The van der Waals surface area contributed by atoms with Crippen LogP contribution in [0.3, 0.4) is 0 Å². The molecule has 2 aromatic rings. The van der Waals surface area contributed by atoms with Gasteiger partial charge in [0.05, 0.1) is 6.04 Å². The zero-order chi connectivity index (χ0) is 16.3. The zero-order valence-corrected chi connectivity index (χ0v) is 14.1. The number of rotatable bonds is 1. The molecular formula is C19H13BrFNO2. The van der Waals surface area contributed by atoms with E-state index in [1.165, 1.54) is 11.6 Å². The van der Waals surface area contributed by atoms with Gasteiger partial charge in [-0.2, -0.15) is 0 Å². The van der Waals surface area contributed by atoms with Crippen molar-refractivity contribution in [3.63, 3.8) is 0 Å². The Bertz CT molecular complexity index is 922. The molecule has 5 heteroatoms. The maximum atomic E-state index is 13.7. The molecule has 0 saturated carbocycles. The van der Waals surface area contributed by atoms with E-state index in [1.54, 1.807) is 6.07 Å². The zero-order valence-electron chi connectivity index (χ0n) is 12.6. The monoisotopic (exact) mass is 385 g/mol. The molecular weight excluding hydrogens is 373 g/mol. The first kappa shape index (κ1) is 14.1. The number of hydrogen-bond acceptors (Lipinski definition) is 3. The van der Waals surface area contributed by atoms with Gasteiger partial charge in [0.1, 0.15) is 5.82 Å². The van der Waals surface area contributed by atoms with Crippen molar-refractivity contribution in [1.29, 1.82) is 0 Å². The SMILES string of the molecule is Fc1ccc2c(c1)C1C=CC=C1C(c1cc3c(cc1Br)OCO3)N2. The van der Waals surface area contributed by atoms with Gasteiger partial charge in [-0.25, -0.2) is 4.39 Å². The van der Waals surface area contributed by atoms with Gasteiger partial charge in [0.25, 0.3) is 0 Å². The maximum absolute atomic E-state index is 13.7. The molecule has 3 nitrogen and oxygen atoms in total. The van der Waals surface area contributed by atoms with Crippen LogP contribution >= 0.6 is 15.9 Å². The average Bonchev–Trinajstić information content (AvgIpc) is 3.22. The van der Waals surface area contributed by atoms with Crippen molar-refractivity contribution in [3.05, 3.63) is 75.5 Å². The summed E-state index contributed by atoms with van der Waals surface area (Å²) in [6.45, 7) is 0.248. The summed E-state index contributed by atoms with van der Waals surface area (Å²) >= 11 is 3.65. The molecule has 0 bridgehead atoms. The number of ether oxygens (including phenoxy) is 2. The Balaban J connectivity index is 1.64. The first-order valence-electron chi connectivity index (χ1n) is 7.74. The normalized spacial score (nSPS) is 22.7. The van der Waals surface area contributed by atoms with Crippen molar-refractivity contribution >= 4 is 21.6 Å². The molecule has 2 unspecified atom stereocenters. The second kappa shape index (κ2) is 5.11. The number of anilines is 1. The largest absolute Gasteiger partial charge is 0.454 e. The molecule has 2 aromatic carbocycles. The third-order valence-corrected chi connectivity index (χ3v) is 5.42. The Morgan fingerprint density at radius 2 is 1.92 bits per heavy atom. The van der Waals surface area contributed by atoms with Gasteiger partial charge in [-0.05, 0) is 47.0 Å². The number of halogens is 2. The topological polar surface area (TPSA) is 30.5 Å². The van der Waals surface area contributed by atoms with Crippen molar-refractivity contribution in [2.24, 2.45) is 0 Å². The lowest BCUT2D eigenvalue weighted by Crippen LogP contribution is -2.23. The molecule has 0 spiro atoms. The average molecular weight is 386 g/mol. The predicted octanol–water partition coefficient (Wildman–Crippen LogP) is 5.06. The summed E-state index contributed by atoms with van der Waals surface area (Å²) in [6, 6.07) is 8.85. The molecule has 3 aliphatic rings. The van der Waals surface area contributed by atoms with Crippen molar-refractivity contribution in [2.45, 2.75) is 12.0 Å². The van der Waals surface area contributed by atoms with Gasteiger partial charge >= 0.3 is 0 Å². The lowest BCUT2D eigenvalue weighted by atomic mass is 9.82. The van der Waals surface area contributed by atoms with E-state index in [0.717, 1.165) is 32.8 Å². The lowest BCUT2D eigenvalue weighted by molar-refractivity contribution is 0.174. The van der Waals surface area contributed by atoms with Crippen LogP contribution in [0.2, 0.25) is 0 Å². The Kier molecular flexibility index (Phi) is 3.00. The Hall–Kier alpha value is -2.27. The molecule has 0 radical (unpaired) electrons. The molecule has 2 heterocycles. The number of allylic oxidation sites excluding steroid dienone is 3. The van der Waals surface area contributed by atoms with Crippen molar-refractivity contribution < 1.29 is 13.9 Å². The van der Waals surface area contributed by atoms with Crippen LogP contribution in [0.15, 0.2) is 58.6 Å². The van der Waals surface area contributed by atoms with E-state index >= 15 is 0 Å².